The van der Waals surface area contributed by atoms with E-state index >= 15 is 0 Å². The second-order valence-corrected chi connectivity index (χ2v) is 4.85. The van der Waals surface area contributed by atoms with Crippen molar-refractivity contribution < 1.29 is 9.53 Å². The number of Topliss-reactive ketones (excluding diaryl/α,β-unsaturated/α-hetero) is 1. The van der Waals surface area contributed by atoms with Crippen LogP contribution in [0.4, 0.5) is 0 Å². The highest BCUT2D eigenvalue weighted by Gasteiger charge is 2.43. The zero-order chi connectivity index (χ0) is 11.4. The molecular weight excluding hydrogens is 202 g/mol. The lowest BCUT2D eigenvalue weighted by Gasteiger charge is -2.46. The maximum Gasteiger partial charge on any atom is 0.149 e. The van der Waals surface area contributed by atoms with E-state index < -0.39 is 0 Å². The van der Waals surface area contributed by atoms with Gasteiger partial charge in [0.2, 0.25) is 0 Å². The minimum atomic E-state index is 0.0602. The molecule has 2 rings (SSSR count). The first-order valence-corrected chi connectivity index (χ1v) is 6.07. The molecule has 0 amide bonds. The van der Waals surface area contributed by atoms with E-state index in [2.05, 4.69) is 11.2 Å². The van der Waals surface area contributed by atoms with Gasteiger partial charge in [-0.2, -0.15) is 0 Å². The van der Waals surface area contributed by atoms with Gasteiger partial charge >= 0.3 is 0 Å². The predicted molar refractivity (Wildman–Crippen MR) is 62.0 cm³/mol. The Morgan fingerprint density at radius 1 is 1.56 bits per heavy atom. The lowest BCUT2D eigenvalue weighted by atomic mass is 9.71. The van der Waals surface area contributed by atoms with Crippen molar-refractivity contribution in [3.8, 4) is 12.3 Å². The molecule has 1 unspecified atom stereocenters. The van der Waals surface area contributed by atoms with Gasteiger partial charge in [0.25, 0.3) is 0 Å². The van der Waals surface area contributed by atoms with E-state index in [1.54, 1.807) is 0 Å². The molecule has 3 nitrogen and oxygen atoms in total. The van der Waals surface area contributed by atoms with Crippen molar-refractivity contribution in [3.63, 3.8) is 0 Å². The van der Waals surface area contributed by atoms with E-state index in [9.17, 15) is 4.79 Å². The summed E-state index contributed by atoms with van der Waals surface area (Å²) in [5.41, 5.74) is 0.0602. The Balaban J connectivity index is 1.80. The molecule has 1 saturated heterocycles. The average molecular weight is 221 g/mol. The predicted octanol–water partition coefficient (Wildman–Crippen LogP) is 1.13. The molecule has 1 atom stereocenters. The number of hydrogen-bond acceptors (Lipinski definition) is 3. The van der Waals surface area contributed by atoms with Crippen molar-refractivity contribution >= 4 is 5.78 Å². The first kappa shape index (κ1) is 11.6. The second kappa shape index (κ2) is 4.99. The third-order valence-electron chi connectivity index (χ3n) is 3.74. The summed E-state index contributed by atoms with van der Waals surface area (Å²) in [6.07, 6.45) is 10.4. The molecule has 0 aromatic rings. The lowest BCUT2D eigenvalue weighted by Crippen LogP contribution is -2.48. The lowest BCUT2D eigenvalue weighted by molar-refractivity contribution is -0.155. The van der Waals surface area contributed by atoms with Crippen LogP contribution in [0.25, 0.3) is 0 Å². The summed E-state index contributed by atoms with van der Waals surface area (Å²) in [5.74, 6) is 2.95. The molecule has 2 aliphatic rings. The first-order chi connectivity index (χ1) is 7.76. The molecule has 1 aliphatic carbocycles. The van der Waals surface area contributed by atoms with Gasteiger partial charge in [-0.15, -0.1) is 6.42 Å². The summed E-state index contributed by atoms with van der Waals surface area (Å²) in [6.45, 7) is 1.62. The van der Waals surface area contributed by atoms with Gasteiger partial charge in [-0.3, -0.25) is 10.1 Å². The molecule has 0 bridgehead atoms. The minimum absolute atomic E-state index is 0.0602. The Morgan fingerprint density at radius 3 is 3.00 bits per heavy atom. The number of ketones is 1. The monoisotopic (exact) mass is 221 g/mol. The van der Waals surface area contributed by atoms with Crippen molar-refractivity contribution in [1.82, 2.24) is 5.32 Å². The van der Waals surface area contributed by atoms with E-state index in [0.29, 0.717) is 18.9 Å². The zero-order valence-corrected chi connectivity index (χ0v) is 9.63. The maximum absolute atomic E-state index is 11.9. The summed E-state index contributed by atoms with van der Waals surface area (Å²) in [4.78, 5) is 11.9. The first-order valence-electron chi connectivity index (χ1n) is 6.07. The third-order valence-corrected chi connectivity index (χ3v) is 3.74. The molecule has 16 heavy (non-hydrogen) atoms. The van der Waals surface area contributed by atoms with Gasteiger partial charge in [-0.05, 0) is 32.1 Å². The van der Waals surface area contributed by atoms with E-state index in [1.165, 1.54) is 6.42 Å². The van der Waals surface area contributed by atoms with E-state index in [1.807, 2.05) is 0 Å². The highest BCUT2D eigenvalue weighted by atomic mass is 16.5. The van der Waals surface area contributed by atoms with Crippen molar-refractivity contribution in [2.45, 2.75) is 37.7 Å². The van der Waals surface area contributed by atoms with E-state index in [-0.39, 0.29) is 11.5 Å². The Kier molecular flexibility index (Phi) is 3.63. The van der Waals surface area contributed by atoms with Gasteiger partial charge in [-0.25, -0.2) is 0 Å². The van der Waals surface area contributed by atoms with Crippen LogP contribution in [0, 0.1) is 18.3 Å². The molecule has 0 aromatic carbocycles. The number of nitrogens with one attached hydrogen (secondary N) is 1. The number of carbonyl (C=O) groups is 1. The van der Waals surface area contributed by atoms with Crippen LogP contribution < -0.4 is 5.32 Å². The second-order valence-electron chi connectivity index (χ2n) is 4.85. The van der Waals surface area contributed by atoms with Crippen LogP contribution in [0.5, 0.6) is 0 Å². The maximum atomic E-state index is 11.9. The summed E-state index contributed by atoms with van der Waals surface area (Å²) in [7, 11) is 0. The SMILES string of the molecule is C#CCNCC(=O)C1CCOC2(CCC2)C1. The van der Waals surface area contributed by atoms with Crippen LogP contribution in [0.3, 0.4) is 0 Å². The van der Waals surface area contributed by atoms with Crippen LogP contribution in [-0.2, 0) is 9.53 Å². The molecule has 1 heterocycles. The van der Waals surface area contributed by atoms with Crippen LogP contribution in [-0.4, -0.2) is 31.1 Å². The molecule has 88 valence electrons. The normalized spacial score (nSPS) is 27.1. The van der Waals surface area contributed by atoms with Gasteiger partial charge in [0.15, 0.2) is 0 Å². The quantitative estimate of drug-likeness (QED) is 0.571. The Labute approximate surface area is 96.9 Å². The molecule has 3 heteroatoms. The van der Waals surface area contributed by atoms with Gasteiger partial charge in [0, 0.05) is 12.5 Å². The fourth-order valence-corrected chi connectivity index (χ4v) is 2.62. The van der Waals surface area contributed by atoms with Crippen molar-refractivity contribution in [3.05, 3.63) is 0 Å². The van der Waals surface area contributed by atoms with Crippen molar-refractivity contribution in [2.24, 2.45) is 5.92 Å². The number of ether oxygens (including phenoxy) is 1. The van der Waals surface area contributed by atoms with E-state index in [4.69, 9.17) is 11.2 Å². The molecule has 1 spiro atoms. The number of rotatable bonds is 4. The summed E-state index contributed by atoms with van der Waals surface area (Å²) >= 11 is 0. The van der Waals surface area contributed by atoms with Crippen LogP contribution in [0.1, 0.15) is 32.1 Å². The molecular formula is C13H19NO2. The summed E-state index contributed by atoms with van der Waals surface area (Å²) in [6, 6.07) is 0. The highest BCUT2D eigenvalue weighted by Crippen LogP contribution is 2.44. The molecule has 2 fully saturated rings. The van der Waals surface area contributed by atoms with Gasteiger partial charge in [0.1, 0.15) is 5.78 Å². The Hall–Kier alpha value is -0.850. The standard InChI is InChI=1S/C13H19NO2/c1-2-7-14-10-12(15)11-4-8-16-13(9-11)5-3-6-13/h1,11,14H,3-10H2. The molecule has 0 aromatic heterocycles. The van der Waals surface area contributed by atoms with Crippen molar-refractivity contribution in [2.75, 3.05) is 19.7 Å². The summed E-state index contributed by atoms with van der Waals surface area (Å²) < 4.78 is 5.80. The average Bonchev–Trinajstić information content (AvgIpc) is 2.27. The molecule has 1 aliphatic heterocycles. The smallest absolute Gasteiger partial charge is 0.149 e. The Morgan fingerprint density at radius 2 is 2.38 bits per heavy atom. The van der Waals surface area contributed by atoms with Crippen LogP contribution >= 0.6 is 0 Å². The zero-order valence-electron chi connectivity index (χ0n) is 9.63. The highest BCUT2D eigenvalue weighted by molar-refractivity contribution is 5.83. The Bertz CT molecular complexity index is 302. The van der Waals surface area contributed by atoms with Gasteiger partial charge in [-0.1, -0.05) is 5.92 Å². The molecule has 0 radical (unpaired) electrons. The fraction of sp³-hybridized carbons (Fsp3) is 0.769. The third kappa shape index (κ3) is 2.45. The minimum Gasteiger partial charge on any atom is -0.375 e. The van der Waals surface area contributed by atoms with E-state index in [0.717, 1.165) is 32.3 Å². The van der Waals surface area contributed by atoms with Crippen LogP contribution in [0.15, 0.2) is 0 Å². The summed E-state index contributed by atoms with van der Waals surface area (Å²) in [5, 5.41) is 2.97. The number of terminal acetylenes is 1. The largest absolute Gasteiger partial charge is 0.375 e. The molecule has 1 N–H and O–H groups in total. The fourth-order valence-electron chi connectivity index (χ4n) is 2.62. The molecule has 1 saturated carbocycles. The topological polar surface area (TPSA) is 38.3 Å². The van der Waals surface area contributed by atoms with Crippen molar-refractivity contribution in [1.29, 1.82) is 0 Å². The van der Waals surface area contributed by atoms with Gasteiger partial charge < -0.3 is 4.74 Å². The van der Waals surface area contributed by atoms with Crippen LogP contribution in [0.2, 0.25) is 0 Å². The number of carbonyl (C=O) groups excluding carboxylic acids is 1. The van der Waals surface area contributed by atoms with Gasteiger partial charge in [0.05, 0.1) is 18.7 Å². The number of hydrogen-bond donors (Lipinski definition) is 1.